The van der Waals surface area contributed by atoms with Crippen LogP contribution in [0.1, 0.15) is 5.76 Å². The van der Waals surface area contributed by atoms with Crippen molar-refractivity contribution in [1.29, 1.82) is 0 Å². The van der Waals surface area contributed by atoms with Gasteiger partial charge in [-0.3, -0.25) is 0 Å². The average Bonchev–Trinajstić information content (AvgIpc) is 2.33. The van der Waals surface area contributed by atoms with E-state index in [4.69, 9.17) is 16.0 Å². The Morgan fingerprint density at radius 2 is 2.08 bits per heavy atom. The van der Waals surface area contributed by atoms with E-state index in [0.717, 1.165) is 11.8 Å². The van der Waals surface area contributed by atoms with Crippen LogP contribution in [0.15, 0.2) is 16.5 Å². The summed E-state index contributed by atoms with van der Waals surface area (Å²) in [6, 6.07) is 3.08. The molecule has 0 N–H and O–H groups in total. The Hall–Kier alpha value is -0.225. The van der Waals surface area contributed by atoms with Gasteiger partial charge in [-0.05, 0) is 29.4 Å². The maximum Gasteiger partial charge on any atom is 0.488 e. The molecule has 0 aliphatic rings. The molecule has 0 fully saturated rings. The highest BCUT2D eigenvalue weighted by Crippen LogP contribution is 2.22. The molecule has 0 radical (unpaired) electrons. The number of furan rings is 1. The molecular formula is C6H6BClF3OS-. The molecular weight excluding hydrogens is 223 g/mol. The van der Waals surface area contributed by atoms with Gasteiger partial charge in [-0.2, -0.15) is 11.8 Å². The average molecular weight is 229 g/mol. The third-order valence-electron chi connectivity index (χ3n) is 1.18. The summed E-state index contributed by atoms with van der Waals surface area (Å²) in [5.41, 5.74) is -0.807. The van der Waals surface area contributed by atoms with Crippen LogP contribution in [0.25, 0.3) is 0 Å². The second kappa shape index (κ2) is 4.33. The molecule has 0 bridgehead atoms. The molecule has 1 aromatic heterocycles. The van der Waals surface area contributed by atoms with Gasteiger partial charge < -0.3 is 17.4 Å². The fourth-order valence-electron chi connectivity index (χ4n) is 0.722. The van der Waals surface area contributed by atoms with Gasteiger partial charge in [0.15, 0.2) is 5.22 Å². The van der Waals surface area contributed by atoms with Crippen LogP contribution in [0.4, 0.5) is 12.9 Å². The van der Waals surface area contributed by atoms with Gasteiger partial charge in [0, 0.05) is 5.75 Å². The number of hydrogen-bond acceptors (Lipinski definition) is 2. The zero-order chi connectivity index (χ0) is 9.90. The first-order chi connectivity index (χ1) is 5.97. The molecule has 0 atom stereocenters. The van der Waals surface area contributed by atoms with Crippen molar-refractivity contribution in [3.05, 3.63) is 23.1 Å². The largest absolute Gasteiger partial charge is 0.488 e. The molecule has 0 aromatic carbocycles. The second-order valence-electron chi connectivity index (χ2n) is 2.43. The Balaban J connectivity index is 2.28. The SMILES string of the molecule is F[B-](F)(F)CSCc1ccc(Cl)o1. The molecule has 1 heterocycles. The van der Waals surface area contributed by atoms with Gasteiger partial charge in [0.05, 0.1) is 0 Å². The fraction of sp³-hybridized carbons (Fsp3) is 0.333. The molecule has 0 unspecified atom stereocenters. The number of rotatable bonds is 4. The van der Waals surface area contributed by atoms with Crippen molar-refractivity contribution in [2.75, 3.05) is 5.65 Å². The molecule has 1 rings (SSSR count). The molecule has 74 valence electrons. The van der Waals surface area contributed by atoms with Crippen LogP contribution in [0.2, 0.25) is 5.22 Å². The van der Waals surface area contributed by atoms with E-state index in [9.17, 15) is 12.9 Å². The molecule has 0 spiro atoms. The van der Waals surface area contributed by atoms with Crippen LogP contribution in [-0.2, 0) is 5.75 Å². The predicted molar refractivity (Wildman–Crippen MR) is 49.0 cm³/mol. The zero-order valence-corrected chi connectivity index (χ0v) is 8.05. The van der Waals surface area contributed by atoms with Crippen molar-refractivity contribution in [3.63, 3.8) is 0 Å². The van der Waals surface area contributed by atoms with Crippen molar-refractivity contribution in [2.24, 2.45) is 0 Å². The van der Waals surface area contributed by atoms with Crippen molar-refractivity contribution in [1.82, 2.24) is 0 Å². The first-order valence-electron chi connectivity index (χ1n) is 3.50. The highest BCUT2D eigenvalue weighted by molar-refractivity contribution is 7.99. The first-order valence-corrected chi connectivity index (χ1v) is 5.03. The highest BCUT2D eigenvalue weighted by atomic mass is 35.5. The number of halogens is 4. The van der Waals surface area contributed by atoms with Gasteiger partial charge in [-0.15, -0.1) is 0 Å². The topological polar surface area (TPSA) is 13.1 Å². The Morgan fingerprint density at radius 3 is 2.54 bits per heavy atom. The van der Waals surface area contributed by atoms with E-state index in [-0.39, 0.29) is 11.0 Å². The van der Waals surface area contributed by atoms with E-state index in [1.54, 1.807) is 6.07 Å². The Labute approximate surface area is 82.7 Å². The van der Waals surface area contributed by atoms with Crippen LogP contribution in [-0.4, -0.2) is 12.6 Å². The molecule has 0 amide bonds. The van der Waals surface area contributed by atoms with E-state index in [1.807, 2.05) is 0 Å². The summed E-state index contributed by atoms with van der Waals surface area (Å²) >= 11 is 6.21. The summed E-state index contributed by atoms with van der Waals surface area (Å²) in [6.07, 6.45) is 0. The van der Waals surface area contributed by atoms with Crippen LogP contribution in [0.5, 0.6) is 0 Å². The molecule has 0 saturated heterocycles. The minimum Gasteiger partial charge on any atom is -0.449 e. The quantitative estimate of drug-likeness (QED) is 0.733. The lowest BCUT2D eigenvalue weighted by atomic mass is 9.98. The van der Waals surface area contributed by atoms with Gasteiger partial charge in [0.25, 0.3) is 0 Å². The van der Waals surface area contributed by atoms with Gasteiger partial charge >= 0.3 is 6.98 Å². The summed E-state index contributed by atoms with van der Waals surface area (Å²) in [5, 5.41) is 0.202. The van der Waals surface area contributed by atoms with Crippen LogP contribution < -0.4 is 0 Å². The molecule has 1 aromatic rings. The van der Waals surface area contributed by atoms with Crippen molar-refractivity contribution in [3.8, 4) is 0 Å². The summed E-state index contributed by atoms with van der Waals surface area (Å²) in [4.78, 5) is 0. The van der Waals surface area contributed by atoms with E-state index < -0.39 is 12.6 Å². The highest BCUT2D eigenvalue weighted by Gasteiger charge is 2.22. The standard InChI is InChI=1S/C6H6BClF3OS/c8-6-2-1-5(12-6)3-13-4-7(9,10)11/h1-2H,3-4H2/q-1. The molecule has 0 saturated carbocycles. The van der Waals surface area contributed by atoms with Gasteiger partial charge in [0.2, 0.25) is 0 Å². The third kappa shape index (κ3) is 4.52. The lowest BCUT2D eigenvalue weighted by molar-refractivity contribution is 0.485. The lowest BCUT2D eigenvalue weighted by Gasteiger charge is -2.11. The minimum absolute atomic E-state index is 0.202. The van der Waals surface area contributed by atoms with E-state index in [1.165, 1.54) is 6.07 Å². The van der Waals surface area contributed by atoms with Crippen molar-refractivity contribution < 1.29 is 17.4 Å². The third-order valence-corrected chi connectivity index (χ3v) is 2.49. The van der Waals surface area contributed by atoms with Crippen LogP contribution >= 0.6 is 23.4 Å². The molecule has 0 aliphatic heterocycles. The summed E-state index contributed by atoms with van der Waals surface area (Å²) < 4.78 is 40.1. The fourth-order valence-corrected chi connectivity index (χ4v) is 1.63. The predicted octanol–water partition coefficient (Wildman–Crippen LogP) is 3.55. The molecule has 1 nitrogen and oxygen atoms in total. The van der Waals surface area contributed by atoms with Crippen molar-refractivity contribution in [2.45, 2.75) is 5.75 Å². The van der Waals surface area contributed by atoms with Gasteiger partial charge in [-0.25, -0.2) is 0 Å². The van der Waals surface area contributed by atoms with Crippen molar-refractivity contribution >= 4 is 30.3 Å². The molecule has 0 aliphatic carbocycles. The molecule has 7 heteroatoms. The maximum atomic E-state index is 11.7. The minimum atomic E-state index is -4.71. The van der Waals surface area contributed by atoms with Crippen LogP contribution in [0.3, 0.4) is 0 Å². The monoisotopic (exact) mass is 229 g/mol. The Morgan fingerprint density at radius 1 is 1.38 bits per heavy atom. The molecule has 13 heavy (non-hydrogen) atoms. The van der Waals surface area contributed by atoms with E-state index in [0.29, 0.717) is 5.76 Å². The second-order valence-corrected chi connectivity index (χ2v) is 3.83. The van der Waals surface area contributed by atoms with Gasteiger partial charge in [0.1, 0.15) is 5.76 Å². The van der Waals surface area contributed by atoms with E-state index in [2.05, 4.69) is 0 Å². The number of hydrogen-bond donors (Lipinski definition) is 0. The summed E-state index contributed by atoms with van der Waals surface area (Å²) in [7, 11) is 0. The van der Waals surface area contributed by atoms with E-state index >= 15 is 0 Å². The smallest absolute Gasteiger partial charge is 0.449 e. The summed E-state index contributed by atoms with van der Waals surface area (Å²) in [6.45, 7) is -4.71. The Kier molecular flexibility index (Phi) is 3.61. The Bertz CT molecular complexity index is 275. The lowest BCUT2D eigenvalue weighted by Crippen LogP contribution is -2.19. The van der Waals surface area contributed by atoms with Gasteiger partial charge in [-0.1, -0.05) is 0 Å². The first kappa shape index (κ1) is 10.9. The maximum absolute atomic E-state index is 11.7. The summed E-state index contributed by atoms with van der Waals surface area (Å²) in [5.74, 6) is 0.670. The van der Waals surface area contributed by atoms with Crippen LogP contribution in [0, 0.1) is 0 Å². The number of thioether (sulfide) groups is 1. The normalized spacial score (nSPS) is 12.0. The zero-order valence-electron chi connectivity index (χ0n) is 6.47.